The van der Waals surface area contributed by atoms with Crippen molar-refractivity contribution in [1.29, 1.82) is 0 Å². The van der Waals surface area contributed by atoms with Crippen LogP contribution in [-0.2, 0) is 9.53 Å². The van der Waals surface area contributed by atoms with Crippen molar-refractivity contribution in [3.05, 3.63) is 42.0 Å². The van der Waals surface area contributed by atoms with E-state index in [1.807, 2.05) is 0 Å². The molecule has 1 heterocycles. The molecule has 1 aliphatic rings. The molecule has 0 amide bonds. The van der Waals surface area contributed by atoms with Gasteiger partial charge in [0.1, 0.15) is 0 Å². The fourth-order valence-corrected chi connectivity index (χ4v) is 2.52. The fourth-order valence-electron chi connectivity index (χ4n) is 2.52. The molecule has 22 heavy (non-hydrogen) atoms. The van der Waals surface area contributed by atoms with Crippen LogP contribution in [0.2, 0.25) is 0 Å². The first-order valence-electron chi connectivity index (χ1n) is 6.76. The van der Waals surface area contributed by atoms with Gasteiger partial charge in [-0.3, -0.25) is 14.6 Å². The van der Waals surface area contributed by atoms with Crippen molar-refractivity contribution in [2.75, 3.05) is 6.61 Å². The van der Waals surface area contributed by atoms with Crippen molar-refractivity contribution < 1.29 is 23.1 Å². The molecule has 0 aliphatic carbocycles. The largest absolute Gasteiger partial charge is 0.465 e. The van der Waals surface area contributed by atoms with E-state index in [-0.39, 0.29) is 30.0 Å². The van der Waals surface area contributed by atoms with E-state index in [0.717, 1.165) is 12.1 Å². The molecule has 0 saturated heterocycles. The molecule has 1 unspecified atom stereocenters. The maximum atomic E-state index is 13.5. The Morgan fingerprint density at radius 3 is 2.64 bits per heavy atom. The number of fused-ring (bicyclic) bond motifs is 1. The number of rotatable bonds is 4. The van der Waals surface area contributed by atoms with E-state index < -0.39 is 28.8 Å². The zero-order valence-corrected chi connectivity index (χ0v) is 12.3. The summed E-state index contributed by atoms with van der Waals surface area (Å²) < 4.78 is 31.8. The van der Waals surface area contributed by atoms with Crippen molar-refractivity contribution >= 4 is 23.2 Å². The molecule has 0 radical (unpaired) electrons. The molecular weight excluding hydrogens is 292 g/mol. The number of esters is 1. The maximum Gasteiger partial charge on any atom is 0.326 e. The lowest BCUT2D eigenvalue weighted by atomic mass is 9.72. The Labute approximate surface area is 126 Å². The molecule has 1 aliphatic heterocycles. The SMILES string of the molecule is C=CCC1(C(=O)OCC)C(=O)c2cc(F)c(F)cc2N=C1C. The summed E-state index contributed by atoms with van der Waals surface area (Å²) in [6.45, 7) is 6.74. The lowest BCUT2D eigenvalue weighted by Crippen LogP contribution is -2.47. The van der Waals surface area contributed by atoms with Crippen LogP contribution in [0.5, 0.6) is 0 Å². The number of carbonyl (C=O) groups is 2. The van der Waals surface area contributed by atoms with Crippen LogP contribution in [0.1, 0.15) is 30.6 Å². The third kappa shape index (κ3) is 2.24. The number of Topliss-reactive ketones (excluding diaryl/α,β-unsaturated/α-hetero) is 1. The van der Waals surface area contributed by atoms with E-state index in [1.54, 1.807) is 6.92 Å². The molecular formula is C16H15F2NO3. The Bertz CT molecular complexity index is 697. The van der Waals surface area contributed by atoms with Crippen LogP contribution in [0.4, 0.5) is 14.5 Å². The predicted molar refractivity (Wildman–Crippen MR) is 77.3 cm³/mol. The molecule has 4 nitrogen and oxygen atoms in total. The minimum Gasteiger partial charge on any atom is -0.465 e. The van der Waals surface area contributed by atoms with Crippen LogP contribution in [0.3, 0.4) is 0 Å². The van der Waals surface area contributed by atoms with Gasteiger partial charge in [0.15, 0.2) is 22.8 Å². The number of carbonyl (C=O) groups excluding carboxylic acids is 2. The standard InChI is InChI=1S/C16H15F2NO3/c1-4-6-16(15(21)22-5-2)9(3)19-13-8-12(18)11(17)7-10(13)14(16)20/h4,7-8H,1,5-6H2,2-3H3. The van der Waals surface area contributed by atoms with Gasteiger partial charge in [-0.25, -0.2) is 8.78 Å². The van der Waals surface area contributed by atoms with Gasteiger partial charge in [-0.05, 0) is 26.3 Å². The van der Waals surface area contributed by atoms with Crippen LogP contribution in [0.25, 0.3) is 0 Å². The van der Waals surface area contributed by atoms with Gasteiger partial charge in [-0.2, -0.15) is 0 Å². The highest BCUT2D eigenvalue weighted by Gasteiger charge is 2.52. The summed E-state index contributed by atoms with van der Waals surface area (Å²) >= 11 is 0. The fraction of sp³-hybridized carbons (Fsp3) is 0.312. The second-order valence-electron chi connectivity index (χ2n) is 4.93. The monoisotopic (exact) mass is 307 g/mol. The first kappa shape index (κ1) is 16.0. The highest BCUT2D eigenvalue weighted by molar-refractivity contribution is 6.31. The molecule has 1 atom stereocenters. The predicted octanol–water partition coefficient (Wildman–Crippen LogP) is 3.38. The molecule has 0 spiro atoms. The summed E-state index contributed by atoms with van der Waals surface area (Å²) in [7, 11) is 0. The maximum absolute atomic E-state index is 13.5. The van der Waals surface area contributed by atoms with Gasteiger partial charge in [0, 0.05) is 17.3 Å². The topological polar surface area (TPSA) is 55.7 Å². The summed E-state index contributed by atoms with van der Waals surface area (Å²) in [6, 6.07) is 1.61. The molecule has 0 saturated carbocycles. The lowest BCUT2D eigenvalue weighted by Gasteiger charge is -2.32. The van der Waals surface area contributed by atoms with E-state index in [9.17, 15) is 18.4 Å². The number of benzene rings is 1. The Hall–Kier alpha value is -2.37. The molecule has 0 aromatic heterocycles. The normalized spacial score (nSPS) is 20.2. The molecule has 116 valence electrons. The summed E-state index contributed by atoms with van der Waals surface area (Å²) in [5, 5.41) is 0. The van der Waals surface area contributed by atoms with E-state index in [4.69, 9.17) is 4.74 Å². The number of ether oxygens (including phenoxy) is 1. The van der Waals surface area contributed by atoms with Gasteiger partial charge in [-0.1, -0.05) is 6.08 Å². The van der Waals surface area contributed by atoms with Crippen molar-refractivity contribution in [2.24, 2.45) is 10.4 Å². The van der Waals surface area contributed by atoms with Gasteiger partial charge in [0.25, 0.3) is 0 Å². The third-order valence-electron chi connectivity index (χ3n) is 3.65. The van der Waals surface area contributed by atoms with Crippen LogP contribution in [-0.4, -0.2) is 24.1 Å². The Kier molecular flexibility index (Phi) is 4.21. The molecule has 2 rings (SSSR count). The molecule has 1 aromatic rings. The number of allylic oxidation sites excluding steroid dienone is 1. The second-order valence-corrected chi connectivity index (χ2v) is 4.93. The zero-order valence-electron chi connectivity index (χ0n) is 12.3. The minimum absolute atomic E-state index is 0.00499. The zero-order chi connectivity index (χ0) is 16.5. The first-order valence-corrected chi connectivity index (χ1v) is 6.76. The van der Waals surface area contributed by atoms with Crippen LogP contribution in [0, 0.1) is 17.0 Å². The second kappa shape index (κ2) is 5.79. The highest BCUT2D eigenvalue weighted by Crippen LogP contribution is 2.40. The van der Waals surface area contributed by atoms with E-state index in [0.29, 0.717) is 0 Å². The van der Waals surface area contributed by atoms with Gasteiger partial charge < -0.3 is 4.74 Å². The Morgan fingerprint density at radius 1 is 1.41 bits per heavy atom. The summed E-state index contributed by atoms with van der Waals surface area (Å²) in [5.41, 5.74) is -1.63. The lowest BCUT2D eigenvalue weighted by molar-refractivity contribution is -0.148. The van der Waals surface area contributed by atoms with Crippen molar-refractivity contribution in [3.63, 3.8) is 0 Å². The van der Waals surface area contributed by atoms with E-state index in [1.165, 1.54) is 13.0 Å². The third-order valence-corrected chi connectivity index (χ3v) is 3.65. The Balaban J connectivity index is 2.68. The number of hydrogen-bond acceptors (Lipinski definition) is 4. The molecule has 1 aromatic carbocycles. The van der Waals surface area contributed by atoms with Crippen LogP contribution in [0.15, 0.2) is 29.8 Å². The molecule has 0 fully saturated rings. The Morgan fingerprint density at radius 2 is 2.05 bits per heavy atom. The quantitative estimate of drug-likeness (QED) is 0.487. The average Bonchev–Trinajstić information content (AvgIpc) is 2.46. The summed E-state index contributed by atoms with van der Waals surface area (Å²) in [6.07, 6.45) is 1.37. The van der Waals surface area contributed by atoms with Gasteiger partial charge in [-0.15, -0.1) is 6.58 Å². The van der Waals surface area contributed by atoms with Gasteiger partial charge in [0.2, 0.25) is 0 Å². The molecule has 0 bridgehead atoms. The van der Waals surface area contributed by atoms with Crippen LogP contribution < -0.4 is 0 Å². The van der Waals surface area contributed by atoms with Crippen molar-refractivity contribution in [2.45, 2.75) is 20.3 Å². The molecule has 6 heteroatoms. The van der Waals surface area contributed by atoms with E-state index >= 15 is 0 Å². The highest BCUT2D eigenvalue weighted by atomic mass is 19.2. The number of halogens is 2. The smallest absolute Gasteiger partial charge is 0.326 e. The van der Waals surface area contributed by atoms with Crippen LogP contribution >= 0.6 is 0 Å². The summed E-state index contributed by atoms with van der Waals surface area (Å²) in [5.74, 6) is -3.70. The average molecular weight is 307 g/mol. The molecule has 0 N–H and O–H groups in total. The van der Waals surface area contributed by atoms with Gasteiger partial charge >= 0.3 is 5.97 Å². The van der Waals surface area contributed by atoms with E-state index in [2.05, 4.69) is 11.6 Å². The number of nitrogens with zero attached hydrogens (tertiary/aromatic N) is 1. The van der Waals surface area contributed by atoms with Gasteiger partial charge in [0.05, 0.1) is 12.3 Å². The number of ketones is 1. The summed E-state index contributed by atoms with van der Waals surface area (Å²) in [4.78, 5) is 29.3. The number of hydrogen-bond donors (Lipinski definition) is 0. The van der Waals surface area contributed by atoms with Crippen molar-refractivity contribution in [1.82, 2.24) is 0 Å². The number of aliphatic imine (C=N–C) groups is 1. The first-order chi connectivity index (χ1) is 10.4. The van der Waals surface area contributed by atoms with Crippen molar-refractivity contribution in [3.8, 4) is 0 Å². The minimum atomic E-state index is -1.67.